The number of hydrogen-bond donors (Lipinski definition) is 1. The van der Waals surface area contributed by atoms with Gasteiger partial charge in [0.25, 0.3) is 0 Å². The lowest BCUT2D eigenvalue weighted by Gasteiger charge is -2.37. The number of carbonyl (C=O) groups excluding carboxylic acids is 1. The van der Waals surface area contributed by atoms with E-state index in [1.807, 2.05) is 37.3 Å². The van der Waals surface area contributed by atoms with Gasteiger partial charge in [-0.15, -0.1) is 0 Å². The van der Waals surface area contributed by atoms with Crippen molar-refractivity contribution in [2.24, 2.45) is 5.92 Å². The predicted octanol–water partition coefficient (Wildman–Crippen LogP) is 4.70. The van der Waals surface area contributed by atoms with E-state index in [1.54, 1.807) is 7.11 Å². The van der Waals surface area contributed by atoms with Crippen molar-refractivity contribution >= 4 is 11.7 Å². The zero-order valence-corrected chi connectivity index (χ0v) is 15.1. The van der Waals surface area contributed by atoms with Crippen molar-refractivity contribution in [1.29, 1.82) is 0 Å². The van der Waals surface area contributed by atoms with E-state index in [9.17, 15) is 4.79 Å². The first-order valence-corrected chi connectivity index (χ1v) is 9.09. The Kier molecular flexibility index (Phi) is 4.41. The molecule has 0 fully saturated rings. The summed E-state index contributed by atoms with van der Waals surface area (Å²) in [6, 6.07) is 14.3. The first kappa shape index (κ1) is 16.7. The summed E-state index contributed by atoms with van der Waals surface area (Å²) < 4.78 is 10.6. The Labute approximate surface area is 153 Å². The van der Waals surface area contributed by atoms with Gasteiger partial charge in [0, 0.05) is 11.6 Å². The van der Waals surface area contributed by atoms with Crippen molar-refractivity contribution in [1.82, 2.24) is 0 Å². The average molecular weight is 349 g/mol. The second-order valence-corrected chi connectivity index (χ2v) is 6.77. The summed E-state index contributed by atoms with van der Waals surface area (Å²) in [5.74, 6) is 1.34. The van der Waals surface area contributed by atoms with Crippen molar-refractivity contribution in [3.63, 3.8) is 0 Å². The van der Waals surface area contributed by atoms with E-state index in [0.717, 1.165) is 17.9 Å². The van der Waals surface area contributed by atoms with Crippen LogP contribution in [-0.2, 0) is 4.74 Å². The summed E-state index contributed by atoms with van der Waals surface area (Å²) in [5.41, 5.74) is 4.10. The molecule has 2 aromatic rings. The first-order valence-electron chi connectivity index (χ1n) is 9.09. The maximum Gasteiger partial charge on any atom is 0.338 e. The van der Waals surface area contributed by atoms with Crippen LogP contribution >= 0.6 is 0 Å². The Bertz CT molecular complexity index is 858. The zero-order chi connectivity index (χ0) is 18.1. The number of carbonyl (C=O) groups is 1. The fourth-order valence-corrected chi connectivity index (χ4v) is 4.10. The third-order valence-corrected chi connectivity index (χ3v) is 5.33. The third kappa shape index (κ3) is 2.85. The van der Waals surface area contributed by atoms with Crippen LogP contribution in [0.15, 0.2) is 54.6 Å². The SMILES string of the molecule is CCOC(=O)c1ccc2c(c1)C1C=CCC1C(c1cccc(OC)c1)N2. The van der Waals surface area contributed by atoms with Gasteiger partial charge >= 0.3 is 5.97 Å². The van der Waals surface area contributed by atoms with Gasteiger partial charge in [-0.25, -0.2) is 4.79 Å². The van der Waals surface area contributed by atoms with Crippen molar-refractivity contribution in [2.45, 2.75) is 25.3 Å². The lowest BCUT2D eigenvalue weighted by Crippen LogP contribution is -2.29. The van der Waals surface area contributed by atoms with Crippen LogP contribution in [0.4, 0.5) is 5.69 Å². The van der Waals surface area contributed by atoms with E-state index < -0.39 is 0 Å². The number of nitrogens with one attached hydrogen (secondary N) is 1. The third-order valence-electron chi connectivity index (χ3n) is 5.33. The highest BCUT2D eigenvalue weighted by molar-refractivity contribution is 5.90. The second-order valence-electron chi connectivity index (χ2n) is 6.77. The van der Waals surface area contributed by atoms with Gasteiger partial charge in [-0.2, -0.15) is 0 Å². The van der Waals surface area contributed by atoms with Crippen molar-refractivity contribution < 1.29 is 14.3 Å². The van der Waals surface area contributed by atoms with E-state index in [4.69, 9.17) is 9.47 Å². The topological polar surface area (TPSA) is 47.6 Å². The molecule has 4 heteroatoms. The molecule has 2 aliphatic rings. The molecule has 3 atom stereocenters. The van der Waals surface area contributed by atoms with E-state index in [-0.39, 0.29) is 12.0 Å². The number of rotatable bonds is 4. The van der Waals surface area contributed by atoms with Crippen LogP contribution < -0.4 is 10.1 Å². The summed E-state index contributed by atoms with van der Waals surface area (Å²) in [7, 11) is 1.69. The number of esters is 1. The highest BCUT2D eigenvalue weighted by Crippen LogP contribution is 2.50. The van der Waals surface area contributed by atoms with Crippen molar-refractivity contribution in [2.75, 3.05) is 19.0 Å². The number of ether oxygens (including phenoxy) is 2. The maximum absolute atomic E-state index is 12.1. The minimum absolute atomic E-state index is 0.214. The van der Waals surface area contributed by atoms with Gasteiger partial charge < -0.3 is 14.8 Å². The van der Waals surface area contributed by atoms with Crippen molar-refractivity contribution in [3.8, 4) is 5.75 Å². The van der Waals surface area contributed by atoms with E-state index >= 15 is 0 Å². The minimum Gasteiger partial charge on any atom is -0.497 e. The molecule has 4 nitrogen and oxygen atoms in total. The number of hydrogen-bond acceptors (Lipinski definition) is 4. The molecule has 0 saturated carbocycles. The normalized spacial score (nSPS) is 22.9. The van der Waals surface area contributed by atoms with Crippen molar-refractivity contribution in [3.05, 3.63) is 71.3 Å². The van der Waals surface area contributed by atoms with Gasteiger partial charge in [-0.3, -0.25) is 0 Å². The summed E-state index contributed by atoms with van der Waals surface area (Å²) in [5, 5.41) is 3.69. The van der Waals surface area contributed by atoms with Crippen LogP contribution in [-0.4, -0.2) is 19.7 Å². The van der Waals surface area contributed by atoms with Crippen LogP contribution in [0.5, 0.6) is 5.75 Å². The highest BCUT2D eigenvalue weighted by atomic mass is 16.5. The fraction of sp³-hybridized carbons (Fsp3) is 0.318. The molecule has 1 N–H and O–H groups in total. The smallest absolute Gasteiger partial charge is 0.338 e. The minimum atomic E-state index is -0.260. The molecule has 4 rings (SSSR count). The number of methoxy groups -OCH3 is 1. The number of benzene rings is 2. The lowest BCUT2D eigenvalue weighted by molar-refractivity contribution is 0.0526. The molecule has 0 saturated heterocycles. The average Bonchev–Trinajstić information content (AvgIpc) is 3.17. The van der Waals surface area contributed by atoms with Crippen LogP contribution in [0.3, 0.4) is 0 Å². The van der Waals surface area contributed by atoms with Gasteiger partial charge in [-0.1, -0.05) is 24.3 Å². The number of anilines is 1. The Balaban J connectivity index is 1.71. The molecule has 0 bridgehead atoms. The maximum atomic E-state index is 12.1. The van der Waals surface area contributed by atoms with Gasteiger partial charge in [0.1, 0.15) is 5.75 Å². The van der Waals surface area contributed by atoms with Crippen LogP contribution in [0.1, 0.15) is 46.8 Å². The first-order chi connectivity index (χ1) is 12.7. The summed E-state index contributed by atoms with van der Waals surface area (Å²) >= 11 is 0. The molecular formula is C22H23NO3. The van der Waals surface area contributed by atoms with Crippen LogP contribution in [0.2, 0.25) is 0 Å². The van der Waals surface area contributed by atoms with E-state index in [0.29, 0.717) is 24.0 Å². The molecule has 134 valence electrons. The van der Waals surface area contributed by atoms with E-state index in [1.165, 1.54) is 11.1 Å². The summed E-state index contributed by atoms with van der Waals surface area (Å²) in [4.78, 5) is 12.1. The number of allylic oxidation sites excluding steroid dienone is 2. The zero-order valence-electron chi connectivity index (χ0n) is 15.1. The molecule has 2 aromatic carbocycles. The molecule has 0 aromatic heterocycles. The van der Waals surface area contributed by atoms with Gasteiger partial charge in [-0.05, 0) is 60.7 Å². The molecule has 1 heterocycles. The molecule has 0 spiro atoms. The molecule has 0 radical (unpaired) electrons. The van der Waals surface area contributed by atoms with Gasteiger partial charge in [0.2, 0.25) is 0 Å². The highest BCUT2D eigenvalue weighted by Gasteiger charge is 2.38. The lowest BCUT2D eigenvalue weighted by atomic mass is 9.76. The van der Waals surface area contributed by atoms with Gasteiger partial charge in [0.15, 0.2) is 0 Å². The molecule has 26 heavy (non-hydrogen) atoms. The molecule has 3 unspecified atom stereocenters. The molecule has 1 aliphatic carbocycles. The van der Waals surface area contributed by atoms with E-state index in [2.05, 4.69) is 29.6 Å². The quantitative estimate of drug-likeness (QED) is 0.642. The van der Waals surface area contributed by atoms with Crippen LogP contribution in [0, 0.1) is 5.92 Å². The summed E-state index contributed by atoms with van der Waals surface area (Å²) in [6.45, 7) is 2.21. The van der Waals surface area contributed by atoms with Gasteiger partial charge in [0.05, 0.1) is 25.3 Å². The largest absolute Gasteiger partial charge is 0.497 e. The standard InChI is InChI=1S/C22H23NO3/c1-3-26-22(24)15-10-11-20-19(13-15)17-8-5-9-18(17)21(23-20)14-6-4-7-16(12-14)25-2/h4-8,10-13,17-18,21,23H,3,9H2,1-2H3. The molecule has 0 amide bonds. The Morgan fingerprint density at radius 2 is 2.12 bits per heavy atom. The molecular weight excluding hydrogens is 326 g/mol. The predicted molar refractivity (Wildman–Crippen MR) is 102 cm³/mol. The number of fused-ring (bicyclic) bond motifs is 3. The summed E-state index contributed by atoms with van der Waals surface area (Å²) in [6.07, 6.45) is 5.53. The van der Waals surface area contributed by atoms with Crippen LogP contribution in [0.25, 0.3) is 0 Å². The fourth-order valence-electron chi connectivity index (χ4n) is 4.10. The Morgan fingerprint density at radius 3 is 2.92 bits per heavy atom. The Hall–Kier alpha value is -2.75. The monoisotopic (exact) mass is 349 g/mol. The Morgan fingerprint density at radius 1 is 1.23 bits per heavy atom. The molecule has 1 aliphatic heterocycles. The second kappa shape index (κ2) is 6.87.